The van der Waals surface area contributed by atoms with Crippen molar-refractivity contribution >= 4 is 28.3 Å². The fourth-order valence-corrected chi connectivity index (χ4v) is 3.29. The number of halogens is 2. The van der Waals surface area contributed by atoms with E-state index in [1.165, 1.54) is 11.0 Å². The number of nitrogens with one attached hydrogen (secondary N) is 1. The Bertz CT molecular complexity index is 991. The molecule has 1 atom stereocenters. The molecule has 140 valence electrons. The van der Waals surface area contributed by atoms with E-state index in [0.717, 1.165) is 11.1 Å². The van der Waals surface area contributed by atoms with E-state index < -0.39 is 12.7 Å². The number of hydrogen-bond donors (Lipinski definition) is 1. The molecule has 1 amide bonds. The molecule has 1 saturated heterocycles. The number of amides is 1. The number of ether oxygens (including phenoxy) is 1. The number of para-hydroxylation sites is 2. The lowest BCUT2D eigenvalue weighted by Crippen LogP contribution is -2.33. The average Bonchev–Trinajstić information content (AvgIpc) is 3.20. The first kappa shape index (κ1) is 17.2. The first-order valence-corrected chi connectivity index (χ1v) is 8.43. The van der Waals surface area contributed by atoms with Crippen LogP contribution in [0.15, 0.2) is 42.7 Å². The number of hydrogen-bond acceptors (Lipinski definition) is 5. The molecule has 1 N–H and O–H groups in total. The smallest absolute Gasteiger partial charge is 0.387 e. The van der Waals surface area contributed by atoms with Crippen LogP contribution in [0, 0.1) is 0 Å². The molecule has 4 rings (SSSR count). The van der Waals surface area contributed by atoms with Gasteiger partial charge in [-0.15, -0.1) is 0 Å². The van der Waals surface area contributed by atoms with E-state index in [1.807, 2.05) is 0 Å². The van der Waals surface area contributed by atoms with Gasteiger partial charge in [0.05, 0.1) is 17.3 Å². The molecule has 27 heavy (non-hydrogen) atoms. The summed E-state index contributed by atoms with van der Waals surface area (Å²) in [5.74, 6) is -0.214. The topological polar surface area (TPSA) is 72.3 Å². The Morgan fingerprint density at radius 3 is 2.93 bits per heavy atom. The normalized spacial score (nSPS) is 17.1. The first-order valence-electron chi connectivity index (χ1n) is 8.43. The number of aromatic nitrogens is 3. The number of nitrogens with zero attached hydrogens (tertiary/aromatic N) is 4. The Hall–Kier alpha value is -3.23. The second-order valence-corrected chi connectivity index (χ2v) is 6.19. The van der Waals surface area contributed by atoms with Crippen LogP contribution in [0.5, 0.6) is 5.75 Å². The van der Waals surface area contributed by atoms with Crippen molar-refractivity contribution in [3.63, 3.8) is 0 Å². The second kappa shape index (κ2) is 6.82. The molecular weight excluding hydrogens is 356 g/mol. The Morgan fingerprint density at radius 1 is 1.30 bits per heavy atom. The summed E-state index contributed by atoms with van der Waals surface area (Å²) >= 11 is 0. The number of pyridine rings is 1. The minimum Gasteiger partial charge on any atom is -0.433 e. The van der Waals surface area contributed by atoms with Gasteiger partial charge in [-0.1, -0.05) is 12.1 Å². The summed E-state index contributed by atoms with van der Waals surface area (Å²) in [7, 11) is 1.79. The lowest BCUT2D eigenvalue weighted by Gasteiger charge is -2.20. The number of carbonyl (C=O) groups is 1. The number of alkyl halides is 2. The molecule has 2 aromatic heterocycles. The summed E-state index contributed by atoms with van der Waals surface area (Å²) in [5, 5.41) is 8.23. The van der Waals surface area contributed by atoms with Gasteiger partial charge >= 0.3 is 6.61 Å². The zero-order valence-electron chi connectivity index (χ0n) is 14.5. The van der Waals surface area contributed by atoms with Crippen molar-refractivity contribution in [2.75, 3.05) is 16.8 Å². The highest BCUT2D eigenvalue weighted by atomic mass is 19.3. The summed E-state index contributed by atoms with van der Waals surface area (Å²) in [5.41, 5.74) is 1.80. The molecule has 3 aromatic rings. The van der Waals surface area contributed by atoms with Crippen LogP contribution in [-0.4, -0.2) is 39.9 Å². The molecule has 3 heterocycles. The zero-order chi connectivity index (χ0) is 19.0. The first-order chi connectivity index (χ1) is 13.0. The van der Waals surface area contributed by atoms with Crippen molar-refractivity contribution in [2.24, 2.45) is 7.05 Å². The Balaban J connectivity index is 1.57. The van der Waals surface area contributed by atoms with Gasteiger partial charge in [-0.2, -0.15) is 13.9 Å². The zero-order valence-corrected chi connectivity index (χ0v) is 14.5. The highest BCUT2D eigenvalue weighted by Gasteiger charge is 2.34. The van der Waals surface area contributed by atoms with Crippen molar-refractivity contribution < 1.29 is 18.3 Å². The molecule has 0 aliphatic carbocycles. The van der Waals surface area contributed by atoms with Gasteiger partial charge in [-0.3, -0.25) is 9.48 Å². The molecular formula is C18H17F2N5O2. The fraction of sp³-hybridized carbons (Fsp3) is 0.278. The summed E-state index contributed by atoms with van der Waals surface area (Å²) < 4.78 is 31.5. The quantitative estimate of drug-likeness (QED) is 0.745. The maximum absolute atomic E-state index is 12.9. The van der Waals surface area contributed by atoms with Gasteiger partial charge in [0.15, 0.2) is 5.65 Å². The maximum Gasteiger partial charge on any atom is 0.387 e. The third-order valence-electron chi connectivity index (χ3n) is 4.54. The van der Waals surface area contributed by atoms with E-state index in [9.17, 15) is 13.6 Å². The van der Waals surface area contributed by atoms with Gasteiger partial charge in [0.2, 0.25) is 5.91 Å². The third-order valence-corrected chi connectivity index (χ3v) is 4.54. The molecule has 9 heteroatoms. The molecule has 1 unspecified atom stereocenters. The van der Waals surface area contributed by atoms with Crippen LogP contribution in [-0.2, 0) is 11.8 Å². The molecule has 7 nitrogen and oxygen atoms in total. The van der Waals surface area contributed by atoms with Gasteiger partial charge in [0, 0.05) is 25.5 Å². The monoisotopic (exact) mass is 373 g/mol. The summed E-state index contributed by atoms with van der Waals surface area (Å²) in [6.45, 7) is -2.55. The van der Waals surface area contributed by atoms with E-state index in [0.29, 0.717) is 24.3 Å². The maximum atomic E-state index is 12.9. The summed E-state index contributed by atoms with van der Waals surface area (Å²) in [6.07, 6.45) is 3.87. The Labute approximate surface area is 153 Å². The van der Waals surface area contributed by atoms with Crippen LogP contribution in [0.1, 0.15) is 6.42 Å². The Kier molecular flexibility index (Phi) is 4.35. The van der Waals surface area contributed by atoms with E-state index in [2.05, 4.69) is 20.1 Å². The van der Waals surface area contributed by atoms with Crippen LogP contribution in [0.25, 0.3) is 11.0 Å². The average molecular weight is 373 g/mol. The predicted molar refractivity (Wildman–Crippen MR) is 96.0 cm³/mol. The van der Waals surface area contributed by atoms with Crippen LogP contribution < -0.4 is 15.0 Å². The highest BCUT2D eigenvalue weighted by molar-refractivity contribution is 6.03. The van der Waals surface area contributed by atoms with Crippen molar-refractivity contribution in [2.45, 2.75) is 19.1 Å². The molecule has 0 bridgehead atoms. The van der Waals surface area contributed by atoms with E-state index >= 15 is 0 Å². The fourth-order valence-electron chi connectivity index (χ4n) is 3.29. The number of benzene rings is 1. The number of rotatable bonds is 5. The van der Waals surface area contributed by atoms with Crippen molar-refractivity contribution in [1.29, 1.82) is 0 Å². The number of aryl methyl sites for hydroxylation is 1. The summed E-state index contributed by atoms with van der Waals surface area (Å²) in [6, 6.07) is 7.61. The van der Waals surface area contributed by atoms with Gasteiger partial charge in [-0.05, 0) is 24.6 Å². The highest BCUT2D eigenvalue weighted by Crippen LogP contribution is 2.33. The van der Waals surface area contributed by atoms with Crippen molar-refractivity contribution in [3.8, 4) is 5.75 Å². The lowest BCUT2D eigenvalue weighted by molar-refractivity contribution is -0.117. The standard InChI is InChI=1S/C18H17F2N5O2/c1-24-16-11(10-22-24)12(6-8-21-16)23-13-7-9-25(17(13)26)14-4-2-3-5-15(14)27-18(19)20/h2-6,8,10,13,18H,7,9H2,1H3,(H,21,23). The molecule has 0 radical (unpaired) electrons. The van der Waals surface area contributed by atoms with Crippen LogP contribution in [0.3, 0.4) is 0 Å². The predicted octanol–water partition coefficient (Wildman–Crippen LogP) is 2.79. The van der Waals surface area contributed by atoms with E-state index in [1.54, 1.807) is 48.4 Å². The minimum absolute atomic E-state index is 0.0138. The molecule has 1 aromatic carbocycles. The largest absolute Gasteiger partial charge is 0.433 e. The molecule has 1 fully saturated rings. The number of carbonyl (C=O) groups excluding carboxylic acids is 1. The molecule has 1 aliphatic rings. The van der Waals surface area contributed by atoms with Crippen molar-refractivity contribution in [1.82, 2.24) is 14.8 Å². The number of fused-ring (bicyclic) bond motifs is 1. The van der Waals surface area contributed by atoms with Crippen molar-refractivity contribution in [3.05, 3.63) is 42.7 Å². The SMILES string of the molecule is Cn1ncc2c(NC3CCN(c4ccccc4OC(F)F)C3=O)ccnc21. The van der Waals surface area contributed by atoms with Gasteiger partial charge in [-0.25, -0.2) is 4.98 Å². The van der Waals surface area contributed by atoms with E-state index in [4.69, 9.17) is 0 Å². The summed E-state index contributed by atoms with van der Waals surface area (Å²) in [4.78, 5) is 18.6. The molecule has 0 spiro atoms. The van der Waals surface area contributed by atoms with Crippen LogP contribution in [0.2, 0.25) is 0 Å². The van der Waals surface area contributed by atoms with Crippen LogP contribution in [0.4, 0.5) is 20.2 Å². The van der Waals surface area contributed by atoms with Crippen LogP contribution >= 0.6 is 0 Å². The van der Waals surface area contributed by atoms with Gasteiger partial charge < -0.3 is 15.0 Å². The molecule has 1 aliphatic heterocycles. The van der Waals surface area contributed by atoms with Gasteiger partial charge in [0.25, 0.3) is 0 Å². The Morgan fingerprint density at radius 2 is 2.11 bits per heavy atom. The third kappa shape index (κ3) is 3.16. The lowest BCUT2D eigenvalue weighted by atomic mass is 10.2. The van der Waals surface area contributed by atoms with Gasteiger partial charge in [0.1, 0.15) is 11.8 Å². The minimum atomic E-state index is -2.95. The van der Waals surface area contributed by atoms with E-state index in [-0.39, 0.29) is 11.7 Å². The second-order valence-electron chi connectivity index (χ2n) is 6.19. The molecule has 0 saturated carbocycles. The number of anilines is 2.